The summed E-state index contributed by atoms with van der Waals surface area (Å²) < 4.78 is 8.12. The first-order chi connectivity index (χ1) is 18.0. The van der Waals surface area contributed by atoms with Gasteiger partial charge in [-0.3, -0.25) is 19.1 Å². The highest BCUT2D eigenvalue weighted by Crippen LogP contribution is 2.38. The summed E-state index contributed by atoms with van der Waals surface area (Å²) in [4.78, 5) is 33.2. The van der Waals surface area contributed by atoms with Gasteiger partial charge in [0.2, 0.25) is 5.91 Å². The van der Waals surface area contributed by atoms with Crippen LogP contribution in [0.1, 0.15) is 55.1 Å². The minimum Gasteiger partial charge on any atom is -0.491 e. The van der Waals surface area contributed by atoms with Crippen LogP contribution in [-0.4, -0.2) is 58.5 Å². The number of hydrogen-bond donors (Lipinski definition) is 2. The molecule has 2 aliphatic heterocycles. The van der Waals surface area contributed by atoms with Crippen molar-refractivity contribution in [3.8, 4) is 10.9 Å². The number of likely N-dealkylation sites (tertiary alicyclic amines) is 1. The van der Waals surface area contributed by atoms with Crippen molar-refractivity contribution in [2.75, 3.05) is 26.2 Å². The third-order valence-electron chi connectivity index (χ3n) is 7.50. The number of para-hydroxylation sites is 1. The number of fused-ring (bicyclic) bond motifs is 1. The molecule has 9 heteroatoms. The minimum atomic E-state index is -0.395. The van der Waals surface area contributed by atoms with Crippen molar-refractivity contribution in [2.45, 2.75) is 51.6 Å². The Kier molecular flexibility index (Phi) is 7.90. The van der Waals surface area contributed by atoms with E-state index in [-0.39, 0.29) is 17.9 Å². The lowest BCUT2D eigenvalue weighted by atomic mass is 9.73. The fraction of sp³-hybridized carbons (Fsp3) is 0.464. The van der Waals surface area contributed by atoms with Crippen molar-refractivity contribution in [1.82, 2.24) is 25.1 Å². The summed E-state index contributed by atoms with van der Waals surface area (Å²) in [5, 5.41) is 9.22. The van der Waals surface area contributed by atoms with E-state index in [9.17, 15) is 9.59 Å². The van der Waals surface area contributed by atoms with Gasteiger partial charge in [-0.05, 0) is 70.0 Å². The second-order valence-corrected chi connectivity index (χ2v) is 11.0. The van der Waals surface area contributed by atoms with Crippen molar-refractivity contribution < 1.29 is 14.3 Å². The molecule has 1 spiro atoms. The summed E-state index contributed by atoms with van der Waals surface area (Å²) >= 11 is 1.63. The van der Waals surface area contributed by atoms with Crippen LogP contribution in [0.3, 0.4) is 0 Å². The average molecular weight is 522 g/mol. The lowest BCUT2D eigenvalue weighted by Crippen LogP contribution is -2.51. The van der Waals surface area contributed by atoms with E-state index >= 15 is 0 Å². The smallest absolute Gasteiger partial charge is 0.255 e. The summed E-state index contributed by atoms with van der Waals surface area (Å²) in [6, 6.07) is 11.3. The van der Waals surface area contributed by atoms with Crippen LogP contribution in [-0.2, 0) is 11.3 Å². The Bertz CT molecular complexity index is 1200. The van der Waals surface area contributed by atoms with Crippen molar-refractivity contribution >= 4 is 23.2 Å². The molecule has 2 aromatic heterocycles. The Morgan fingerprint density at radius 2 is 1.95 bits per heavy atom. The van der Waals surface area contributed by atoms with Gasteiger partial charge in [0.05, 0.1) is 17.0 Å². The zero-order valence-corrected chi connectivity index (χ0v) is 22.1. The fourth-order valence-corrected chi connectivity index (χ4v) is 5.98. The molecular formula is C28H35N5O3S. The van der Waals surface area contributed by atoms with Crippen LogP contribution in [0.5, 0.6) is 5.75 Å². The lowest BCUT2D eigenvalue weighted by molar-refractivity contribution is -0.135. The molecule has 0 bridgehead atoms. The Labute approximate surface area is 222 Å². The summed E-state index contributed by atoms with van der Waals surface area (Å²) in [7, 11) is 0. The average Bonchev–Trinajstić information content (AvgIpc) is 3.60. The van der Waals surface area contributed by atoms with E-state index in [0.29, 0.717) is 24.5 Å². The van der Waals surface area contributed by atoms with E-state index in [4.69, 9.17) is 4.74 Å². The van der Waals surface area contributed by atoms with Crippen molar-refractivity contribution in [3.05, 3.63) is 65.4 Å². The van der Waals surface area contributed by atoms with Crippen molar-refractivity contribution in [2.24, 2.45) is 5.41 Å². The normalized spacial score (nSPS) is 21.4. The van der Waals surface area contributed by atoms with Crippen LogP contribution in [0.4, 0.5) is 0 Å². The van der Waals surface area contributed by atoms with Gasteiger partial charge in [0, 0.05) is 36.6 Å². The summed E-state index contributed by atoms with van der Waals surface area (Å²) in [5.41, 5.74) is 1.35. The molecule has 0 saturated carbocycles. The van der Waals surface area contributed by atoms with Crippen LogP contribution < -0.4 is 15.4 Å². The molecule has 2 aliphatic rings. The first-order valence-corrected chi connectivity index (χ1v) is 14.0. The number of aromatic nitrogens is 2. The maximum atomic E-state index is 13.6. The van der Waals surface area contributed by atoms with Gasteiger partial charge >= 0.3 is 0 Å². The molecule has 1 fully saturated rings. The number of amides is 2. The number of carbonyl (C=O) groups excluding carboxylic acids is 2. The van der Waals surface area contributed by atoms with Gasteiger partial charge in [0.1, 0.15) is 12.4 Å². The third kappa shape index (κ3) is 5.88. The molecule has 8 nitrogen and oxygen atoms in total. The SMILES string of the molecule is C[C@@H]1COc2ccccc2C(=O)NCCCCC2(CCN(Cc3cccn3-c3nccs3)CC2)C(=O)N1. The van der Waals surface area contributed by atoms with Gasteiger partial charge in [-0.2, -0.15) is 0 Å². The first-order valence-electron chi connectivity index (χ1n) is 13.1. The molecule has 1 atom stereocenters. The number of rotatable bonds is 3. The summed E-state index contributed by atoms with van der Waals surface area (Å²) in [5.74, 6) is 0.558. The number of benzene rings is 1. The quantitative estimate of drug-likeness (QED) is 0.544. The molecular weight excluding hydrogens is 486 g/mol. The standard InChI is InChI=1S/C28H35N5O3S/c1-21-20-36-24-9-3-2-8-23(24)25(34)29-13-5-4-10-28(26(35)31-21)11-16-32(17-12-28)19-22-7-6-15-33(22)27-30-14-18-37-27/h2-3,6-9,14-15,18,21H,4-5,10-13,16-17,19-20H2,1H3,(H,29,34)(H,31,35)/t21-/m1/s1. The fourth-order valence-electron chi connectivity index (χ4n) is 5.32. The van der Waals surface area contributed by atoms with Crippen LogP contribution in [0, 0.1) is 5.41 Å². The van der Waals surface area contributed by atoms with Crippen LogP contribution >= 0.6 is 11.3 Å². The zero-order valence-electron chi connectivity index (χ0n) is 21.3. The van der Waals surface area contributed by atoms with Gasteiger partial charge in [0.25, 0.3) is 5.91 Å². The summed E-state index contributed by atoms with van der Waals surface area (Å²) in [6.45, 7) is 5.42. The minimum absolute atomic E-state index is 0.116. The predicted octanol–water partition coefficient (Wildman–Crippen LogP) is 4.01. The zero-order chi connectivity index (χ0) is 25.7. The summed E-state index contributed by atoms with van der Waals surface area (Å²) in [6.07, 6.45) is 8.08. The monoisotopic (exact) mass is 521 g/mol. The number of carbonyl (C=O) groups is 2. The van der Waals surface area contributed by atoms with E-state index in [2.05, 4.69) is 43.4 Å². The largest absolute Gasteiger partial charge is 0.491 e. The number of nitrogens with one attached hydrogen (secondary N) is 2. The highest BCUT2D eigenvalue weighted by atomic mass is 32.1. The van der Waals surface area contributed by atoms with E-state index in [0.717, 1.165) is 56.9 Å². The Balaban J connectivity index is 1.25. The number of hydrogen-bond acceptors (Lipinski definition) is 6. The van der Waals surface area contributed by atoms with Gasteiger partial charge in [-0.15, -0.1) is 11.3 Å². The Morgan fingerprint density at radius 3 is 2.76 bits per heavy atom. The number of nitrogens with zero attached hydrogens (tertiary/aromatic N) is 3. The second-order valence-electron chi connectivity index (χ2n) is 10.1. The van der Waals surface area contributed by atoms with Gasteiger partial charge in [0.15, 0.2) is 5.13 Å². The van der Waals surface area contributed by atoms with E-state index in [1.54, 1.807) is 23.5 Å². The van der Waals surface area contributed by atoms with Crippen molar-refractivity contribution in [1.29, 1.82) is 0 Å². The van der Waals surface area contributed by atoms with Gasteiger partial charge in [-0.25, -0.2) is 4.98 Å². The number of thiazole rings is 1. The van der Waals surface area contributed by atoms with E-state index in [1.165, 1.54) is 5.69 Å². The molecule has 1 saturated heterocycles. The second kappa shape index (κ2) is 11.5. The highest BCUT2D eigenvalue weighted by molar-refractivity contribution is 7.12. The predicted molar refractivity (Wildman–Crippen MR) is 144 cm³/mol. The molecule has 0 radical (unpaired) electrons. The highest BCUT2D eigenvalue weighted by Gasteiger charge is 2.41. The van der Waals surface area contributed by atoms with Gasteiger partial charge in [-0.1, -0.05) is 18.6 Å². The molecule has 2 amide bonds. The maximum Gasteiger partial charge on any atom is 0.255 e. The third-order valence-corrected chi connectivity index (χ3v) is 8.28. The number of ether oxygens (including phenoxy) is 1. The van der Waals surface area contributed by atoms with Crippen LogP contribution in [0.2, 0.25) is 0 Å². The first kappa shape index (κ1) is 25.5. The van der Waals surface area contributed by atoms with Gasteiger partial charge < -0.3 is 15.4 Å². The van der Waals surface area contributed by atoms with E-state index < -0.39 is 5.41 Å². The van der Waals surface area contributed by atoms with Crippen molar-refractivity contribution in [3.63, 3.8) is 0 Å². The maximum absolute atomic E-state index is 13.6. The number of piperidine rings is 1. The molecule has 0 aliphatic carbocycles. The Morgan fingerprint density at radius 1 is 1.11 bits per heavy atom. The Hall–Kier alpha value is -3.17. The molecule has 37 heavy (non-hydrogen) atoms. The molecule has 0 unspecified atom stereocenters. The van der Waals surface area contributed by atoms with E-state index in [1.807, 2.05) is 30.6 Å². The lowest BCUT2D eigenvalue weighted by Gasteiger charge is -2.41. The van der Waals surface area contributed by atoms with Crippen LogP contribution in [0.15, 0.2) is 54.2 Å². The molecule has 1 aromatic carbocycles. The topological polar surface area (TPSA) is 88.5 Å². The molecule has 2 N–H and O–H groups in total. The van der Waals surface area contributed by atoms with Crippen LogP contribution in [0.25, 0.3) is 5.13 Å². The molecule has 3 aromatic rings. The molecule has 4 heterocycles. The molecule has 196 valence electrons. The molecule has 5 rings (SSSR count).